The Morgan fingerprint density at radius 2 is 1.93 bits per heavy atom. The summed E-state index contributed by atoms with van der Waals surface area (Å²) in [5.74, 6) is -0.472. The highest BCUT2D eigenvalue weighted by Crippen LogP contribution is 2.39. The molecule has 1 fully saturated rings. The van der Waals surface area contributed by atoms with Crippen molar-refractivity contribution in [2.75, 3.05) is 0 Å². The summed E-state index contributed by atoms with van der Waals surface area (Å²) >= 11 is 0. The van der Waals surface area contributed by atoms with Gasteiger partial charge in [-0.2, -0.15) is 0 Å². The summed E-state index contributed by atoms with van der Waals surface area (Å²) in [5.41, 5.74) is 5.90. The molecule has 1 aliphatic rings. The third-order valence-corrected chi connectivity index (χ3v) is 2.77. The molecule has 0 aromatic heterocycles. The lowest BCUT2D eigenvalue weighted by Gasteiger charge is -2.12. The third-order valence-electron chi connectivity index (χ3n) is 2.77. The zero-order chi connectivity index (χ0) is 11.0. The van der Waals surface area contributed by atoms with Crippen molar-refractivity contribution in [3.05, 3.63) is 35.1 Å². The van der Waals surface area contributed by atoms with E-state index in [1.54, 1.807) is 0 Å². The van der Waals surface area contributed by atoms with Gasteiger partial charge in [0.15, 0.2) is 0 Å². The van der Waals surface area contributed by atoms with Crippen molar-refractivity contribution in [2.24, 2.45) is 11.7 Å². The topological polar surface area (TPSA) is 26.0 Å². The van der Waals surface area contributed by atoms with Crippen molar-refractivity contribution >= 4 is 0 Å². The van der Waals surface area contributed by atoms with Crippen molar-refractivity contribution in [1.82, 2.24) is 0 Å². The number of halogens is 3. The van der Waals surface area contributed by atoms with Gasteiger partial charge in [0.05, 0.1) is 5.56 Å². The molecule has 0 radical (unpaired) electrons. The minimum Gasteiger partial charge on any atom is -0.324 e. The van der Waals surface area contributed by atoms with E-state index in [2.05, 4.69) is 0 Å². The Kier molecular flexibility index (Phi) is 2.69. The van der Waals surface area contributed by atoms with E-state index in [0.29, 0.717) is 11.5 Å². The first kappa shape index (κ1) is 10.5. The van der Waals surface area contributed by atoms with Crippen LogP contribution >= 0.6 is 0 Å². The van der Waals surface area contributed by atoms with Crippen molar-refractivity contribution < 1.29 is 13.2 Å². The lowest BCUT2D eigenvalue weighted by molar-refractivity contribution is 0.146. The minimum absolute atomic E-state index is 0.216. The van der Waals surface area contributed by atoms with Gasteiger partial charge in [0, 0.05) is 6.04 Å². The maximum absolute atomic E-state index is 13.2. The number of hydrogen-bond acceptors (Lipinski definition) is 1. The molecule has 2 rings (SSSR count). The second-order valence-corrected chi connectivity index (χ2v) is 3.94. The molecule has 1 nitrogen and oxygen atoms in total. The molecule has 1 saturated carbocycles. The summed E-state index contributed by atoms with van der Waals surface area (Å²) in [7, 11) is 0. The largest absolute Gasteiger partial charge is 0.324 e. The summed E-state index contributed by atoms with van der Waals surface area (Å²) in [5, 5.41) is 0. The predicted octanol–water partition coefficient (Wildman–Crippen LogP) is 3.17. The average Bonchev–Trinajstić information content (AvgIpc) is 2.99. The van der Waals surface area contributed by atoms with Crippen molar-refractivity contribution in [2.45, 2.75) is 25.3 Å². The van der Waals surface area contributed by atoms with Gasteiger partial charge in [0.1, 0.15) is 5.82 Å². The number of alkyl halides is 2. The molecule has 1 aromatic carbocycles. The fraction of sp³-hybridized carbons (Fsp3) is 0.455. The maximum Gasteiger partial charge on any atom is 0.266 e. The number of benzene rings is 1. The van der Waals surface area contributed by atoms with Crippen molar-refractivity contribution in [3.8, 4) is 0 Å². The van der Waals surface area contributed by atoms with E-state index in [-0.39, 0.29) is 6.04 Å². The van der Waals surface area contributed by atoms with E-state index >= 15 is 0 Å². The van der Waals surface area contributed by atoms with Crippen LogP contribution < -0.4 is 5.73 Å². The molecule has 15 heavy (non-hydrogen) atoms. The van der Waals surface area contributed by atoms with Crippen molar-refractivity contribution in [3.63, 3.8) is 0 Å². The summed E-state index contributed by atoms with van der Waals surface area (Å²) in [4.78, 5) is 0. The highest BCUT2D eigenvalue weighted by Gasteiger charge is 2.30. The average molecular weight is 215 g/mol. The highest BCUT2D eigenvalue weighted by molar-refractivity contribution is 5.28. The van der Waals surface area contributed by atoms with Crippen LogP contribution in [-0.4, -0.2) is 0 Å². The van der Waals surface area contributed by atoms with E-state index in [1.807, 2.05) is 0 Å². The quantitative estimate of drug-likeness (QED) is 0.823. The fourth-order valence-corrected chi connectivity index (χ4v) is 1.66. The van der Waals surface area contributed by atoms with Gasteiger partial charge in [-0.05, 0) is 30.4 Å². The first-order chi connectivity index (χ1) is 7.09. The predicted molar refractivity (Wildman–Crippen MR) is 51.0 cm³/mol. The van der Waals surface area contributed by atoms with Gasteiger partial charge < -0.3 is 5.73 Å². The molecule has 2 N–H and O–H groups in total. The zero-order valence-electron chi connectivity index (χ0n) is 8.09. The highest BCUT2D eigenvalue weighted by atomic mass is 19.3. The van der Waals surface area contributed by atoms with E-state index in [4.69, 9.17) is 5.73 Å². The summed E-state index contributed by atoms with van der Waals surface area (Å²) in [6.07, 6.45) is -0.685. The molecule has 0 spiro atoms. The van der Waals surface area contributed by atoms with Crippen LogP contribution in [0.3, 0.4) is 0 Å². The van der Waals surface area contributed by atoms with Crippen LogP contribution in [0.25, 0.3) is 0 Å². The molecular formula is C11H12F3N. The summed E-state index contributed by atoms with van der Waals surface area (Å²) in [6, 6.07) is 3.53. The molecule has 0 bridgehead atoms. The Morgan fingerprint density at radius 1 is 1.27 bits per heavy atom. The number of hydrogen-bond donors (Lipinski definition) is 1. The Balaban J connectivity index is 2.24. The van der Waals surface area contributed by atoms with Gasteiger partial charge in [-0.1, -0.05) is 12.1 Å². The molecule has 1 atom stereocenters. The van der Waals surface area contributed by atoms with E-state index in [9.17, 15) is 13.2 Å². The van der Waals surface area contributed by atoms with Crippen LogP contribution in [0.1, 0.15) is 36.4 Å². The lowest BCUT2D eigenvalue weighted by Crippen LogP contribution is -2.12. The molecule has 82 valence electrons. The number of nitrogens with two attached hydrogens (primary N) is 1. The minimum atomic E-state index is -2.77. The van der Waals surface area contributed by atoms with Crippen LogP contribution in [0, 0.1) is 11.7 Å². The SMILES string of the molecule is NC(c1ccc(C(F)F)c(F)c1)C1CC1. The first-order valence-electron chi connectivity index (χ1n) is 4.92. The smallest absolute Gasteiger partial charge is 0.266 e. The monoisotopic (exact) mass is 215 g/mol. The summed E-state index contributed by atoms with van der Waals surface area (Å²) in [6.45, 7) is 0. The van der Waals surface area contributed by atoms with Gasteiger partial charge in [0.2, 0.25) is 0 Å². The zero-order valence-corrected chi connectivity index (χ0v) is 8.09. The van der Waals surface area contributed by atoms with Crippen LogP contribution in [0.4, 0.5) is 13.2 Å². The maximum atomic E-state index is 13.2. The third kappa shape index (κ3) is 2.15. The molecule has 1 unspecified atom stereocenters. The molecular weight excluding hydrogens is 203 g/mol. The lowest BCUT2D eigenvalue weighted by atomic mass is 10.0. The van der Waals surface area contributed by atoms with E-state index < -0.39 is 17.8 Å². The van der Waals surface area contributed by atoms with Gasteiger partial charge in [-0.15, -0.1) is 0 Å². The van der Waals surface area contributed by atoms with Crippen LogP contribution in [0.5, 0.6) is 0 Å². The fourth-order valence-electron chi connectivity index (χ4n) is 1.66. The Morgan fingerprint density at radius 3 is 2.40 bits per heavy atom. The van der Waals surface area contributed by atoms with Gasteiger partial charge in [-0.3, -0.25) is 0 Å². The van der Waals surface area contributed by atoms with Gasteiger partial charge in [0.25, 0.3) is 6.43 Å². The molecule has 0 amide bonds. The Hall–Kier alpha value is -1.03. The van der Waals surface area contributed by atoms with E-state index in [0.717, 1.165) is 25.0 Å². The van der Waals surface area contributed by atoms with Gasteiger partial charge >= 0.3 is 0 Å². The summed E-state index contributed by atoms with van der Waals surface area (Å²) < 4.78 is 37.7. The standard InChI is InChI=1S/C11H12F3N/c12-9-5-7(10(15)6-1-2-6)3-4-8(9)11(13)14/h3-6,10-11H,1-2,15H2. The van der Waals surface area contributed by atoms with Crippen LogP contribution in [-0.2, 0) is 0 Å². The molecule has 1 aromatic rings. The van der Waals surface area contributed by atoms with Crippen LogP contribution in [0.15, 0.2) is 18.2 Å². The molecule has 0 aliphatic heterocycles. The molecule has 0 heterocycles. The number of rotatable bonds is 3. The molecule has 0 saturated heterocycles. The van der Waals surface area contributed by atoms with Gasteiger partial charge in [-0.25, -0.2) is 13.2 Å². The Bertz CT molecular complexity index is 361. The molecule has 1 aliphatic carbocycles. The van der Waals surface area contributed by atoms with Crippen molar-refractivity contribution in [1.29, 1.82) is 0 Å². The Labute approximate surface area is 86.1 Å². The normalized spacial score (nSPS) is 18.2. The van der Waals surface area contributed by atoms with Crippen LogP contribution in [0.2, 0.25) is 0 Å². The second kappa shape index (κ2) is 3.85. The van der Waals surface area contributed by atoms with E-state index in [1.165, 1.54) is 6.07 Å². The second-order valence-electron chi connectivity index (χ2n) is 3.94. The molecule has 4 heteroatoms. The first-order valence-corrected chi connectivity index (χ1v) is 4.92.